The maximum absolute atomic E-state index is 12.3. The van der Waals surface area contributed by atoms with E-state index in [0.29, 0.717) is 23.9 Å². The van der Waals surface area contributed by atoms with Crippen molar-refractivity contribution in [3.63, 3.8) is 0 Å². The average molecular weight is 501 g/mol. The third kappa shape index (κ3) is 5.69. The van der Waals surface area contributed by atoms with Crippen molar-refractivity contribution >= 4 is 6.09 Å². The van der Waals surface area contributed by atoms with Crippen LogP contribution in [0.25, 0.3) is 0 Å². The molecule has 0 saturated heterocycles. The Balaban J connectivity index is 1.36. The minimum atomic E-state index is -0.247. The molecule has 8 atom stereocenters. The van der Waals surface area contributed by atoms with Crippen molar-refractivity contribution < 1.29 is 9.53 Å². The van der Waals surface area contributed by atoms with Crippen molar-refractivity contribution in [2.24, 2.45) is 52.1 Å². The second kappa shape index (κ2) is 11.8. The molecule has 0 aromatic heterocycles. The SMILES string of the molecule is CC(C)CCC[C@@H](C)[C@H]1CCC2C3CC=C4CC(OC(=O)NCCCCN)CCC4(C)C3CCC21C. The fraction of sp³-hybridized carbons (Fsp3) is 0.906. The molecule has 6 unspecified atom stereocenters. The molecule has 36 heavy (non-hydrogen) atoms. The van der Waals surface area contributed by atoms with Gasteiger partial charge in [-0.2, -0.15) is 0 Å². The summed E-state index contributed by atoms with van der Waals surface area (Å²) in [6.45, 7) is 13.9. The highest BCUT2D eigenvalue weighted by atomic mass is 16.6. The summed E-state index contributed by atoms with van der Waals surface area (Å²) in [6.07, 6.45) is 18.5. The molecule has 4 rings (SSSR count). The Morgan fingerprint density at radius 1 is 1.06 bits per heavy atom. The smallest absolute Gasteiger partial charge is 0.407 e. The van der Waals surface area contributed by atoms with Crippen molar-refractivity contribution in [2.45, 2.75) is 124 Å². The van der Waals surface area contributed by atoms with Gasteiger partial charge in [-0.25, -0.2) is 4.79 Å². The molecule has 0 aromatic carbocycles. The van der Waals surface area contributed by atoms with Gasteiger partial charge in [0.05, 0.1) is 0 Å². The van der Waals surface area contributed by atoms with E-state index in [9.17, 15) is 4.79 Å². The van der Waals surface area contributed by atoms with Crippen LogP contribution >= 0.6 is 0 Å². The standard InChI is InChI=1S/C32H56N2O2/c1-22(2)9-8-10-23(3)27-13-14-28-26-12-11-24-21-25(36-30(35)34-20-7-6-19-33)15-17-31(24,4)29(26)16-18-32(27,28)5/h11,22-23,25-29H,6-10,12-21,33H2,1-5H3,(H,34,35)/t23-,25?,26?,27-,28?,29?,31?,32?/m1/s1. The lowest BCUT2D eigenvalue weighted by molar-refractivity contribution is -0.0581. The summed E-state index contributed by atoms with van der Waals surface area (Å²) in [7, 11) is 0. The number of unbranched alkanes of at least 4 members (excludes halogenated alkanes) is 1. The fourth-order valence-corrected chi connectivity index (χ4v) is 9.41. The second-order valence-corrected chi connectivity index (χ2v) is 14.0. The third-order valence-electron chi connectivity index (χ3n) is 11.4. The number of carbonyl (C=O) groups is 1. The Bertz CT molecular complexity index is 778. The number of hydrogen-bond acceptors (Lipinski definition) is 3. The van der Waals surface area contributed by atoms with Crippen LogP contribution in [0.4, 0.5) is 4.79 Å². The van der Waals surface area contributed by atoms with Gasteiger partial charge in [0, 0.05) is 13.0 Å². The lowest BCUT2D eigenvalue weighted by Gasteiger charge is -2.58. The summed E-state index contributed by atoms with van der Waals surface area (Å²) >= 11 is 0. The summed E-state index contributed by atoms with van der Waals surface area (Å²) in [5, 5.41) is 2.92. The molecule has 3 saturated carbocycles. The summed E-state index contributed by atoms with van der Waals surface area (Å²) < 4.78 is 5.85. The first-order valence-electron chi connectivity index (χ1n) is 15.5. The lowest BCUT2D eigenvalue weighted by atomic mass is 9.47. The molecule has 4 aliphatic carbocycles. The number of rotatable bonds is 10. The summed E-state index contributed by atoms with van der Waals surface area (Å²) in [5.41, 5.74) is 7.99. The van der Waals surface area contributed by atoms with E-state index in [1.165, 1.54) is 57.8 Å². The van der Waals surface area contributed by atoms with Gasteiger partial charge in [-0.1, -0.05) is 65.5 Å². The minimum Gasteiger partial charge on any atom is -0.446 e. The van der Waals surface area contributed by atoms with Gasteiger partial charge in [-0.3, -0.25) is 0 Å². The van der Waals surface area contributed by atoms with E-state index in [1.54, 1.807) is 5.57 Å². The lowest BCUT2D eigenvalue weighted by Crippen LogP contribution is -2.51. The van der Waals surface area contributed by atoms with Crippen molar-refractivity contribution in [1.82, 2.24) is 5.32 Å². The molecule has 4 aliphatic rings. The van der Waals surface area contributed by atoms with Crippen molar-refractivity contribution in [2.75, 3.05) is 13.1 Å². The van der Waals surface area contributed by atoms with Crippen molar-refractivity contribution in [3.8, 4) is 0 Å². The number of fused-ring (bicyclic) bond motifs is 5. The van der Waals surface area contributed by atoms with E-state index in [2.05, 4.69) is 46.0 Å². The van der Waals surface area contributed by atoms with Gasteiger partial charge in [0.25, 0.3) is 0 Å². The van der Waals surface area contributed by atoms with Gasteiger partial charge < -0.3 is 15.8 Å². The number of ether oxygens (including phenoxy) is 1. The highest BCUT2D eigenvalue weighted by Gasteiger charge is 2.59. The fourth-order valence-electron chi connectivity index (χ4n) is 9.41. The number of alkyl carbamates (subject to hydrolysis) is 1. The van der Waals surface area contributed by atoms with Crippen molar-refractivity contribution in [1.29, 1.82) is 0 Å². The molecule has 0 bridgehead atoms. The largest absolute Gasteiger partial charge is 0.446 e. The van der Waals surface area contributed by atoms with Crippen LogP contribution in [0.3, 0.4) is 0 Å². The van der Waals surface area contributed by atoms with E-state index < -0.39 is 0 Å². The van der Waals surface area contributed by atoms with Crippen LogP contribution in [0.2, 0.25) is 0 Å². The molecule has 3 N–H and O–H groups in total. The first-order chi connectivity index (χ1) is 17.2. The molecule has 0 heterocycles. The van der Waals surface area contributed by atoms with Crippen LogP contribution in [0, 0.1) is 46.3 Å². The Hall–Kier alpha value is -1.03. The van der Waals surface area contributed by atoms with Crippen LogP contribution in [0.5, 0.6) is 0 Å². The predicted octanol–water partition coefficient (Wildman–Crippen LogP) is 7.86. The Morgan fingerprint density at radius 3 is 2.61 bits per heavy atom. The molecule has 4 nitrogen and oxygen atoms in total. The maximum atomic E-state index is 12.3. The van der Waals surface area contributed by atoms with E-state index >= 15 is 0 Å². The zero-order valence-corrected chi connectivity index (χ0v) is 24.1. The highest BCUT2D eigenvalue weighted by Crippen LogP contribution is 2.67. The predicted molar refractivity (Wildman–Crippen MR) is 150 cm³/mol. The molecule has 0 aliphatic heterocycles. The maximum Gasteiger partial charge on any atom is 0.407 e. The van der Waals surface area contributed by atoms with Gasteiger partial charge in [0.2, 0.25) is 0 Å². The molecular weight excluding hydrogens is 444 g/mol. The first kappa shape index (κ1) is 28.0. The number of nitrogens with two attached hydrogens (primary N) is 1. The molecule has 1 amide bonds. The number of hydrogen-bond donors (Lipinski definition) is 2. The van der Waals surface area contributed by atoms with Gasteiger partial charge >= 0.3 is 6.09 Å². The van der Waals surface area contributed by atoms with E-state index in [-0.39, 0.29) is 12.2 Å². The Morgan fingerprint density at radius 2 is 1.86 bits per heavy atom. The Kier molecular flexibility index (Phi) is 9.16. The van der Waals surface area contributed by atoms with Crippen LogP contribution in [0.1, 0.15) is 118 Å². The highest BCUT2D eigenvalue weighted by molar-refractivity contribution is 5.67. The van der Waals surface area contributed by atoms with Crippen LogP contribution in [-0.4, -0.2) is 25.3 Å². The molecular formula is C32H56N2O2. The quantitative estimate of drug-likeness (QED) is 0.237. The van der Waals surface area contributed by atoms with Crippen LogP contribution in [0.15, 0.2) is 11.6 Å². The average Bonchev–Trinajstić information content (AvgIpc) is 3.19. The first-order valence-corrected chi connectivity index (χ1v) is 15.5. The van der Waals surface area contributed by atoms with E-state index in [1.807, 2.05) is 0 Å². The van der Waals surface area contributed by atoms with E-state index in [4.69, 9.17) is 10.5 Å². The molecule has 0 aromatic rings. The van der Waals surface area contributed by atoms with Crippen LogP contribution in [-0.2, 0) is 4.74 Å². The Labute approximate surface area is 222 Å². The third-order valence-corrected chi connectivity index (χ3v) is 11.4. The zero-order chi connectivity index (χ0) is 25.9. The number of carbonyl (C=O) groups excluding carboxylic acids is 1. The molecule has 4 heteroatoms. The number of amides is 1. The number of allylic oxidation sites excluding steroid dienone is 1. The molecule has 3 fully saturated rings. The summed E-state index contributed by atoms with van der Waals surface area (Å²) in [5.74, 6) is 5.19. The van der Waals surface area contributed by atoms with Gasteiger partial charge in [-0.05, 0) is 111 Å². The summed E-state index contributed by atoms with van der Waals surface area (Å²) in [4.78, 5) is 12.3. The second-order valence-electron chi connectivity index (χ2n) is 14.0. The zero-order valence-electron chi connectivity index (χ0n) is 24.1. The molecule has 0 radical (unpaired) electrons. The van der Waals surface area contributed by atoms with Crippen LogP contribution < -0.4 is 11.1 Å². The monoisotopic (exact) mass is 500 g/mol. The summed E-state index contributed by atoms with van der Waals surface area (Å²) in [6, 6.07) is 0. The normalized spacial score (nSPS) is 38.5. The van der Waals surface area contributed by atoms with Gasteiger partial charge in [0.1, 0.15) is 6.10 Å². The topological polar surface area (TPSA) is 64.3 Å². The molecule has 0 spiro atoms. The van der Waals surface area contributed by atoms with Gasteiger partial charge in [-0.15, -0.1) is 0 Å². The van der Waals surface area contributed by atoms with Crippen molar-refractivity contribution in [3.05, 3.63) is 11.6 Å². The van der Waals surface area contributed by atoms with E-state index in [0.717, 1.165) is 61.2 Å². The van der Waals surface area contributed by atoms with Gasteiger partial charge in [0.15, 0.2) is 0 Å². The minimum absolute atomic E-state index is 0.0341. The molecule has 206 valence electrons. The number of nitrogens with one attached hydrogen (secondary N) is 1.